The van der Waals surface area contributed by atoms with Gasteiger partial charge < -0.3 is 5.32 Å². The van der Waals surface area contributed by atoms with Crippen molar-refractivity contribution >= 4 is 0 Å². The molecule has 3 nitrogen and oxygen atoms in total. The summed E-state index contributed by atoms with van der Waals surface area (Å²) in [5.74, 6) is 1.74. The molecule has 1 unspecified atom stereocenters. The van der Waals surface area contributed by atoms with Gasteiger partial charge in [-0.25, -0.2) is 9.97 Å². The fraction of sp³-hybridized carbons (Fsp3) is 0.667. The minimum absolute atomic E-state index is 0.645. The minimum atomic E-state index is 0.645. The fourth-order valence-corrected chi connectivity index (χ4v) is 2.25. The van der Waals surface area contributed by atoms with E-state index in [4.69, 9.17) is 0 Å². The molecule has 1 aliphatic heterocycles. The summed E-state index contributed by atoms with van der Waals surface area (Å²) >= 11 is 0. The summed E-state index contributed by atoms with van der Waals surface area (Å²) in [6, 6.07) is 2.71. The second-order valence-corrected chi connectivity index (χ2v) is 4.68. The van der Waals surface area contributed by atoms with Gasteiger partial charge in [-0.2, -0.15) is 0 Å². The predicted molar refractivity (Wildman–Crippen MR) is 58.7 cm³/mol. The summed E-state index contributed by atoms with van der Waals surface area (Å²) in [5, 5.41) is 3.51. The van der Waals surface area contributed by atoms with E-state index in [1.165, 1.54) is 37.9 Å². The largest absolute Gasteiger partial charge is 0.314 e. The van der Waals surface area contributed by atoms with Crippen LogP contribution in [0.2, 0.25) is 0 Å². The summed E-state index contributed by atoms with van der Waals surface area (Å²) in [6.07, 6.45) is 8.16. The first kappa shape index (κ1) is 9.28. The van der Waals surface area contributed by atoms with Gasteiger partial charge in [0.05, 0.1) is 0 Å². The van der Waals surface area contributed by atoms with Crippen LogP contribution in [0.5, 0.6) is 0 Å². The van der Waals surface area contributed by atoms with Crippen molar-refractivity contribution in [3.05, 3.63) is 23.8 Å². The maximum Gasteiger partial charge on any atom is 0.131 e. The molecule has 1 aromatic rings. The van der Waals surface area contributed by atoms with E-state index in [1.54, 1.807) is 0 Å². The Bertz CT molecular complexity index is 340. The number of nitrogens with one attached hydrogen (secondary N) is 1. The molecule has 2 heterocycles. The van der Waals surface area contributed by atoms with E-state index < -0.39 is 0 Å². The smallest absolute Gasteiger partial charge is 0.131 e. The van der Waals surface area contributed by atoms with E-state index in [0.717, 1.165) is 12.2 Å². The van der Waals surface area contributed by atoms with Crippen LogP contribution in [0.1, 0.15) is 43.1 Å². The summed E-state index contributed by atoms with van der Waals surface area (Å²) in [7, 11) is 0. The van der Waals surface area contributed by atoms with Crippen molar-refractivity contribution in [1.29, 1.82) is 0 Å². The quantitative estimate of drug-likeness (QED) is 0.811. The second-order valence-electron chi connectivity index (χ2n) is 4.68. The number of aromatic nitrogens is 2. The van der Waals surface area contributed by atoms with Crippen LogP contribution in [-0.2, 0) is 6.42 Å². The molecule has 1 atom stereocenters. The van der Waals surface area contributed by atoms with Gasteiger partial charge in [0.25, 0.3) is 0 Å². The molecule has 1 N–H and O–H groups in total. The summed E-state index contributed by atoms with van der Waals surface area (Å²) in [4.78, 5) is 8.99. The van der Waals surface area contributed by atoms with Crippen LogP contribution in [0.15, 0.2) is 12.3 Å². The van der Waals surface area contributed by atoms with Crippen LogP contribution in [0, 0.1) is 0 Å². The van der Waals surface area contributed by atoms with Crippen molar-refractivity contribution in [2.24, 2.45) is 0 Å². The number of hydrogen-bond acceptors (Lipinski definition) is 3. The Balaban J connectivity index is 1.70. The maximum atomic E-state index is 4.65. The highest BCUT2D eigenvalue weighted by Gasteiger charge is 2.26. The van der Waals surface area contributed by atoms with Gasteiger partial charge in [0.1, 0.15) is 5.82 Å². The standard InChI is InChI=1S/C12H17N3/c1-2-10(13-6-1)8-11-5-7-14-12(15-11)9-3-4-9/h5,7,9-10,13H,1-4,6,8H2. The van der Waals surface area contributed by atoms with E-state index in [2.05, 4.69) is 21.4 Å². The number of nitrogens with zero attached hydrogens (tertiary/aromatic N) is 2. The first-order valence-corrected chi connectivity index (χ1v) is 5.97. The van der Waals surface area contributed by atoms with Gasteiger partial charge in [0.15, 0.2) is 0 Å². The van der Waals surface area contributed by atoms with E-state index in [0.29, 0.717) is 12.0 Å². The van der Waals surface area contributed by atoms with Gasteiger partial charge >= 0.3 is 0 Å². The molecule has 0 spiro atoms. The Labute approximate surface area is 90.3 Å². The molecule has 1 aliphatic carbocycles. The highest BCUT2D eigenvalue weighted by Crippen LogP contribution is 2.37. The molecule has 0 aromatic carbocycles. The SMILES string of the molecule is c1cc(CC2CCCN2)nc(C2CC2)n1. The Morgan fingerprint density at radius 2 is 2.27 bits per heavy atom. The van der Waals surface area contributed by atoms with Gasteiger partial charge in [0, 0.05) is 30.3 Å². The molecule has 1 aromatic heterocycles. The average molecular weight is 203 g/mol. The molecule has 0 radical (unpaired) electrons. The summed E-state index contributed by atoms with van der Waals surface area (Å²) < 4.78 is 0. The molecule has 2 fully saturated rings. The molecule has 1 saturated heterocycles. The highest BCUT2D eigenvalue weighted by molar-refractivity contribution is 5.11. The van der Waals surface area contributed by atoms with Gasteiger partial charge in [-0.15, -0.1) is 0 Å². The van der Waals surface area contributed by atoms with Crippen LogP contribution < -0.4 is 5.32 Å². The van der Waals surface area contributed by atoms with Crippen LogP contribution >= 0.6 is 0 Å². The van der Waals surface area contributed by atoms with Crippen molar-refractivity contribution in [3.63, 3.8) is 0 Å². The van der Waals surface area contributed by atoms with Crippen LogP contribution in [0.3, 0.4) is 0 Å². The molecular weight excluding hydrogens is 186 g/mol. The lowest BCUT2D eigenvalue weighted by atomic mass is 10.1. The maximum absolute atomic E-state index is 4.65. The number of rotatable bonds is 3. The lowest BCUT2D eigenvalue weighted by molar-refractivity contribution is 0.592. The molecule has 3 rings (SSSR count). The highest BCUT2D eigenvalue weighted by atomic mass is 14.9. The normalized spacial score (nSPS) is 25.7. The zero-order valence-corrected chi connectivity index (χ0v) is 8.95. The van der Waals surface area contributed by atoms with Crippen molar-refractivity contribution in [1.82, 2.24) is 15.3 Å². The first-order chi connectivity index (χ1) is 7.42. The fourth-order valence-electron chi connectivity index (χ4n) is 2.25. The predicted octanol–water partition coefficient (Wildman–Crippen LogP) is 1.65. The molecule has 1 saturated carbocycles. The van der Waals surface area contributed by atoms with E-state index in [9.17, 15) is 0 Å². The van der Waals surface area contributed by atoms with Crippen molar-refractivity contribution in [2.45, 2.75) is 44.1 Å². The van der Waals surface area contributed by atoms with Crippen molar-refractivity contribution < 1.29 is 0 Å². The lowest BCUT2D eigenvalue weighted by Gasteiger charge is -2.09. The van der Waals surface area contributed by atoms with E-state index in [1.807, 2.05) is 6.20 Å². The van der Waals surface area contributed by atoms with Crippen LogP contribution in [0.4, 0.5) is 0 Å². The third-order valence-electron chi connectivity index (χ3n) is 3.29. The Morgan fingerprint density at radius 1 is 1.33 bits per heavy atom. The third-order valence-corrected chi connectivity index (χ3v) is 3.29. The molecule has 15 heavy (non-hydrogen) atoms. The van der Waals surface area contributed by atoms with Crippen LogP contribution in [-0.4, -0.2) is 22.6 Å². The zero-order chi connectivity index (χ0) is 10.1. The third kappa shape index (κ3) is 2.17. The van der Waals surface area contributed by atoms with Crippen LogP contribution in [0.25, 0.3) is 0 Å². The van der Waals surface area contributed by atoms with E-state index >= 15 is 0 Å². The molecule has 0 amide bonds. The molecular formula is C12H17N3. The zero-order valence-electron chi connectivity index (χ0n) is 8.95. The molecule has 0 bridgehead atoms. The van der Waals surface area contributed by atoms with E-state index in [-0.39, 0.29) is 0 Å². The topological polar surface area (TPSA) is 37.8 Å². The molecule has 2 aliphatic rings. The second kappa shape index (κ2) is 3.89. The summed E-state index contributed by atoms with van der Waals surface area (Å²) in [5.41, 5.74) is 1.21. The van der Waals surface area contributed by atoms with Crippen molar-refractivity contribution in [3.8, 4) is 0 Å². The summed E-state index contributed by atoms with van der Waals surface area (Å²) in [6.45, 7) is 1.17. The lowest BCUT2D eigenvalue weighted by Crippen LogP contribution is -2.24. The minimum Gasteiger partial charge on any atom is -0.314 e. The first-order valence-electron chi connectivity index (χ1n) is 5.97. The van der Waals surface area contributed by atoms with Gasteiger partial charge in [-0.1, -0.05) is 0 Å². The number of hydrogen-bond donors (Lipinski definition) is 1. The Morgan fingerprint density at radius 3 is 3.00 bits per heavy atom. The Hall–Kier alpha value is -0.960. The van der Waals surface area contributed by atoms with Gasteiger partial charge in [-0.05, 0) is 38.3 Å². The molecule has 80 valence electrons. The van der Waals surface area contributed by atoms with Gasteiger partial charge in [0.2, 0.25) is 0 Å². The van der Waals surface area contributed by atoms with Crippen molar-refractivity contribution in [2.75, 3.05) is 6.54 Å². The van der Waals surface area contributed by atoms with Gasteiger partial charge in [-0.3, -0.25) is 0 Å². The Kier molecular flexibility index (Phi) is 2.41. The molecule has 3 heteroatoms. The average Bonchev–Trinajstić information content (AvgIpc) is 3.00. The monoisotopic (exact) mass is 203 g/mol.